The second kappa shape index (κ2) is 6.31. The van der Waals surface area contributed by atoms with Gasteiger partial charge in [-0.05, 0) is 12.8 Å². The molecule has 2 heterocycles. The van der Waals surface area contributed by atoms with E-state index in [-0.39, 0.29) is 23.6 Å². The van der Waals surface area contributed by atoms with Crippen LogP contribution >= 0.6 is 0 Å². The molecule has 25 heavy (non-hydrogen) atoms. The number of carbonyl (C=O) groups is 1. The minimum Gasteiger partial charge on any atom is -0.328 e. The largest absolute Gasteiger partial charge is 0.328 e. The first kappa shape index (κ1) is 15.8. The summed E-state index contributed by atoms with van der Waals surface area (Å²) in [6, 6.07) is 11.1. The maximum Gasteiger partial charge on any atom is 0.254 e. The van der Waals surface area contributed by atoms with Crippen molar-refractivity contribution in [2.75, 3.05) is 6.54 Å². The third kappa shape index (κ3) is 2.90. The predicted octanol–water partition coefficient (Wildman–Crippen LogP) is 2.62. The normalized spacial score (nSPS) is 18.2. The zero-order valence-electron chi connectivity index (χ0n) is 14.1. The number of nitrogens with zero attached hydrogens (tertiary/aromatic N) is 3. The van der Waals surface area contributed by atoms with Crippen molar-refractivity contribution in [2.45, 2.75) is 37.8 Å². The second-order valence-corrected chi connectivity index (χ2v) is 6.82. The van der Waals surface area contributed by atoms with E-state index < -0.39 is 0 Å². The van der Waals surface area contributed by atoms with E-state index in [0.717, 1.165) is 31.2 Å². The van der Waals surface area contributed by atoms with Crippen LogP contribution in [0.3, 0.4) is 0 Å². The van der Waals surface area contributed by atoms with Gasteiger partial charge in [-0.15, -0.1) is 0 Å². The van der Waals surface area contributed by atoms with Crippen LogP contribution in [0.25, 0.3) is 11.3 Å². The molecule has 1 aliphatic heterocycles. The van der Waals surface area contributed by atoms with Crippen molar-refractivity contribution >= 4 is 5.91 Å². The van der Waals surface area contributed by atoms with Gasteiger partial charge < -0.3 is 4.90 Å². The highest BCUT2D eigenvalue weighted by molar-refractivity contribution is 5.78. The molecular formula is C20H21N3O2. The lowest BCUT2D eigenvalue weighted by molar-refractivity contribution is -0.135. The molecule has 1 aromatic carbocycles. The zero-order valence-corrected chi connectivity index (χ0v) is 14.1. The van der Waals surface area contributed by atoms with Gasteiger partial charge in [-0.3, -0.25) is 14.2 Å². The summed E-state index contributed by atoms with van der Waals surface area (Å²) >= 11 is 0. The van der Waals surface area contributed by atoms with Gasteiger partial charge in [-0.25, -0.2) is 4.98 Å². The third-order valence-electron chi connectivity index (χ3n) is 5.28. The van der Waals surface area contributed by atoms with Gasteiger partial charge in [0.05, 0.1) is 17.6 Å². The van der Waals surface area contributed by atoms with E-state index in [0.29, 0.717) is 12.2 Å². The highest BCUT2D eigenvalue weighted by Crippen LogP contribution is 2.39. The van der Waals surface area contributed by atoms with Crippen LogP contribution in [0, 0.1) is 0 Å². The van der Waals surface area contributed by atoms with Gasteiger partial charge in [0.15, 0.2) is 0 Å². The standard InChI is InChI=1S/C20H21N3O2/c24-18-13-17(16-7-2-1-3-8-16)21-15-22(18)14-19(25)23-12-6-11-20(23)9-4-5-10-20/h1-3,6-8,11,13,15H,4-5,9-10,12,14H2. The molecule has 0 saturated heterocycles. The van der Waals surface area contributed by atoms with Crippen LogP contribution in [0.2, 0.25) is 0 Å². The molecule has 1 aromatic heterocycles. The van der Waals surface area contributed by atoms with Gasteiger partial charge in [0.25, 0.3) is 5.56 Å². The minimum atomic E-state index is -0.199. The molecule has 128 valence electrons. The van der Waals surface area contributed by atoms with Crippen LogP contribution in [0.5, 0.6) is 0 Å². The molecule has 2 aromatic rings. The molecule has 0 N–H and O–H groups in total. The Morgan fingerprint density at radius 2 is 1.92 bits per heavy atom. The van der Waals surface area contributed by atoms with Crippen molar-refractivity contribution in [3.8, 4) is 11.3 Å². The maximum absolute atomic E-state index is 12.8. The summed E-state index contributed by atoms with van der Waals surface area (Å²) in [5.74, 6) is -0.0109. The lowest BCUT2D eigenvalue weighted by Crippen LogP contribution is -2.47. The van der Waals surface area contributed by atoms with Gasteiger partial charge in [0.2, 0.25) is 5.91 Å². The summed E-state index contributed by atoms with van der Waals surface area (Å²) in [5, 5.41) is 0. The van der Waals surface area contributed by atoms with Gasteiger partial charge >= 0.3 is 0 Å². The molecule has 0 unspecified atom stereocenters. The summed E-state index contributed by atoms with van der Waals surface area (Å²) in [5.41, 5.74) is 1.21. The summed E-state index contributed by atoms with van der Waals surface area (Å²) in [6.07, 6.45) is 10.1. The molecule has 0 radical (unpaired) electrons. The Morgan fingerprint density at radius 1 is 1.16 bits per heavy atom. The zero-order chi connectivity index (χ0) is 17.3. The lowest BCUT2D eigenvalue weighted by Gasteiger charge is -2.34. The van der Waals surface area contributed by atoms with Crippen LogP contribution in [0.4, 0.5) is 0 Å². The molecule has 1 saturated carbocycles. The first-order valence-corrected chi connectivity index (χ1v) is 8.78. The van der Waals surface area contributed by atoms with Crippen molar-refractivity contribution in [1.29, 1.82) is 0 Å². The van der Waals surface area contributed by atoms with Crippen LogP contribution in [0.15, 0.2) is 59.7 Å². The number of aromatic nitrogens is 2. The summed E-state index contributed by atoms with van der Waals surface area (Å²) in [6.45, 7) is 0.688. The maximum atomic E-state index is 12.8. The number of hydrogen-bond donors (Lipinski definition) is 0. The van der Waals surface area contributed by atoms with Crippen LogP contribution in [0.1, 0.15) is 25.7 Å². The number of carbonyl (C=O) groups excluding carboxylic acids is 1. The van der Waals surface area contributed by atoms with Crippen molar-refractivity contribution in [3.05, 3.63) is 65.2 Å². The Morgan fingerprint density at radius 3 is 2.64 bits per heavy atom. The summed E-state index contributed by atoms with van der Waals surface area (Å²) in [4.78, 5) is 31.5. The van der Waals surface area contributed by atoms with E-state index in [1.165, 1.54) is 17.0 Å². The van der Waals surface area contributed by atoms with Crippen LogP contribution < -0.4 is 5.56 Å². The molecule has 1 aliphatic carbocycles. The first-order chi connectivity index (χ1) is 12.2. The van der Waals surface area contributed by atoms with Gasteiger partial charge in [-0.2, -0.15) is 0 Å². The predicted molar refractivity (Wildman–Crippen MR) is 96.0 cm³/mol. The molecule has 1 amide bonds. The summed E-state index contributed by atoms with van der Waals surface area (Å²) in [7, 11) is 0. The third-order valence-corrected chi connectivity index (χ3v) is 5.28. The molecule has 4 rings (SSSR count). The fourth-order valence-corrected chi connectivity index (χ4v) is 3.97. The molecule has 1 fully saturated rings. The molecule has 0 bridgehead atoms. The molecule has 0 atom stereocenters. The Balaban J connectivity index is 1.53. The molecular weight excluding hydrogens is 314 g/mol. The average molecular weight is 335 g/mol. The van der Waals surface area contributed by atoms with E-state index in [4.69, 9.17) is 0 Å². The van der Waals surface area contributed by atoms with Gasteiger partial charge in [-0.1, -0.05) is 55.3 Å². The second-order valence-electron chi connectivity index (χ2n) is 6.82. The number of rotatable bonds is 3. The highest BCUT2D eigenvalue weighted by Gasteiger charge is 2.42. The van der Waals surface area contributed by atoms with Crippen molar-refractivity contribution in [3.63, 3.8) is 0 Å². The first-order valence-electron chi connectivity index (χ1n) is 8.78. The lowest BCUT2D eigenvalue weighted by atomic mass is 9.97. The van der Waals surface area contributed by atoms with E-state index in [1.807, 2.05) is 35.2 Å². The quantitative estimate of drug-likeness (QED) is 0.810. The number of hydrogen-bond acceptors (Lipinski definition) is 3. The SMILES string of the molecule is O=C(Cn1cnc(-c2ccccc2)cc1=O)N1CC=CC12CCCC2. The minimum absolute atomic E-state index is 0.0109. The summed E-state index contributed by atoms with van der Waals surface area (Å²) < 4.78 is 1.40. The fourth-order valence-electron chi connectivity index (χ4n) is 3.97. The van der Waals surface area contributed by atoms with Gasteiger partial charge in [0.1, 0.15) is 6.54 Å². The number of benzene rings is 1. The van der Waals surface area contributed by atoms with Crippen molar-refractivity contribution in [2.24, 2.45) is 0 Å². The highest BCUT2D eigenvalue weighted by atomic mass is 16.2. The Labute approximate surface area is 146 Å². The van der Waals surface area contributed by atoms with E-state index >= 15 is 0 Å². The van der Waals surface area contributed by atoms with Crippen LogP contribution in [-0.2, 0) is 11.3 Å². The van der Waals surface area contributed by atoms with Crippen molar-refractivity contribution in [1.82, 2.24) is 14.5 Å². The smallest absolute Gasteiger partial charge is 0.254 e. The Bertz CT molecular complexity index is 864. The average Bonchev–Trinajstić information content (AvgIpc) is 3.28. The van der Waals surface area contributed by atoms with E-state index in [1.54, 1.807) is 0 Å². The van der Waals surface area contributed by atoms with Crippen LogP contribution in [-0.4, -0.2) is 32.4 Å². The molecule has 1 spiro atoms. The van der Waals surface area contributed by atoms with Crippen molar-refractivity contribution < 1.29 is 4.79 Å². The molecule has 2 aliphatic rings. The van der Waals surface area contributed by atoms with Gasteiger partial charge in [0, 0.05) is 18.2 Å². The molecule has 5 nitrogen and oxygen atoms in total. The van der Waals surface area contributed by atoms with E-state index in [2.05, 4.69) is 17.1 Å². The number of amides is 1. The molecule has 5 heteroatoms. The Kier molecular flexibility index (Phi) is 3.99. The Hall–Kier alpha value is -2.69. The van der Waals surface area contributed by atoms with E-state index in [9.17, 15) is 9.59 Å². The topological polar surface area (TPSA) is 55.2 Å². The fraction of sp³-hybridized carbons (Fsp3) is 0.350. The monoisotopic (exact) mass is 335 g/mol.